The largest absolute Gasteiger partial charge is 0.444 e. The second kappa shape index (κ2) is 7.29. The molecule has 2 aromatic rings. The number of carbonyl (C=O) groups excluding carboxylic acids is 2. The van der Waals surface area contributed by atoms with Crippen molar-refractivity contribution in [3.63, 3.8) is 0 Å². The van der Waals surface area contributed by atoms with E-state index in [1.54, 1.807) is 26.9 Å². The average Bonchev–Trinajstić information content (AvgIpc) is 3.34. The maximum absolute atomic E-state index is 12.9. The lowest BCUT2D eigenvalue weighted by molar-refractivity contribution is 0.0199. The first kappa shape index (κ1) is 19.6. The molecule has 0 spiro atoms. The van der Waals surface area contributed by atoms with E-state index in [0.717, 1.165) is 5.56 Å². The Morgan fingerprint density at radius 1 is 1.38 bits per heavy atom. The first-order chi connectivity index (χ1) is 13.7. The molecular formula is C19H23ClN6O3. The minimum atomic E-state index is -0.600. The summed E-state index contributed by atoms with van der Waals surface area (Å²) in [4.78, 5) is 37.2. The van der Waals surface area contributed by atoms with Gasteiger partial charge in [0.05, 0.1) is 25.2 Å². The molecule has 0 aromatic carbocycles. The molecule has 0 N–H and O–H groups in total. The second-order valence-corrected chi connectivity index (χ2v) is 8.69. The summed E-state index contributed by atoms with van der Waals surface area (Å²) in [6, 6.07) is 1.55. The van der Waals surface area contributed by atoms with Crippen molar-refractivity contribution in [1.29, 1.82) is 0 Å². The highest BCUT2D eigenvalue weighted by Gasteiger charge is 2.44. The van der Waals surface area contributed by atoms with Crippen molar-refractivity contribution in [3.8, 4) is 0 Å². The minimum Gasteiger partial charge on any atom is -0.444 e. The number of amides is 2. The van der Waals surface area contributed by atoms with Crippen LogP contribution in [0.3, 0.4) is 0 Å². The number of halogens is 1. The highest BCUT2D eigenvalue weighted by atomic mass is 35.5. The van der Waals surface area contributed by atoms with Gasteiger partial charge in [-0.15, -0.1) is 0 Å². The van der Waals surface area contributed by atoms with Crippen molar-refractivity contribution in [3.05, 3.63) is 41.2 Å². The van der Waals surface area contributed by atoms with Gasteiger partial charge in [0.25, 0.3) is 5.91 Å². The van der Waals surface area contributed by atoms with E-state index in [2.05, 4.69) is 15.1 Å². The van der Waals surface area contributed by atoms with Crippen molar-refractivity contribution < 1.29 is 14.3 Å². The SMILES string of the molecule is CC(C)(C)OC(=O)N1C[C@H](N2Cc3cnc(Cl)nc3C2=O)C[C@H]1Cn1cccn1. The van der Waals surface area contributed by atoms with Gasteiger partial charge in [0.2, 0.25) is 5.28 Å². The Kier molecular flexibility index (Phi) is 4.94. The molecule has 2 atom stereocenters. The van der Waals surface area contributed by atoms with Crippen molar-refractivity contribution in [2.24, 2.45) is 0 Å². The third-order valence-corrected chi connectivity index (χ3v) is 5.24. The molecule has 2 aromatic heterocycles. The van der Waals surface area contributed by atoms with Crippen LogP contribution in [0.25, 0.3) is 0 Å². The molecule has 2 aliphatic heterocycles. The second-order valence-electron chi connectivity index (χ2n) is 8.35. The fraction of sp³-hybridized carbons (Fsp3) is 0.526. The van der Waals surface area contributed by atoms with E-state index in [9.17, 15) is 9.59 Å². The van der Waals surface area contributed by atoms with Crippen molar-refractivity contribution in [2.75, 3.05) is 6.54 Å². The molecule has 0 bridgehead atoms. The number of rotatable bonds is 3. The molecule has 0 aliphatic carbocycles. The molecule has 9 nitrogen and oxygen atoms in total. The van der Waals surface area contributed by atoms with Gasteiger partial charge in [-0.05, 0) is 44.9 Å². The lowest BCUT2D eigenvalue weighted by atomic mass is 10.1. The summed E-state index contributed by atoms with van der Waals surface area (Å²) in [6.07, 6.45) is 5.39. The topological polar surface area (TPSA) is 93.5 Å². The van der Waals surface area contributed by atoms with Gasteiger partial charge in [0, 0.05) is 30.7 Å². The zero-order valence-corrected chi connectivity index (χ0v) is 17.3. The highest BCUT2D eigenvalue weighted by Crippen LogP contribution is 2.31. The first-order valence-electron chi connectivity index (χ1n) is 9.51. The van der Waals surface area contributed by atoms with Gasteiger partial charge < -0.3 is 14.5 Å². The maximum Gasteiger partial charge on any atom is 0.410 e. The minimum absolute atomic E-state index is 0.0531. The summed E-state index contributed by atoms with van der Waals surface area (Å²) in [5, 5.41) is 4.31. The van der Waals surface area contributed by atoms with Gasteiger partial charge in [0.15, 0.2) is 0 Å². The van der Waals surface area contributed by atoms with Gasteiger partial charge in [0.1, 0.15) is 11.3 Å². The van der Waals surface area contributed by atoms with Crippen LogP contribution in [0.5, 0.6) is 0 Å². The quantitative estimate of drug-likeness (QED) is 0.710. The van der Waals surface area contributed by atoms with Gasteiger partial charge in [-0.2, -0.15) is 5.10 Å². The number of hydrogen-bond acceptors (Lipinski definition) is 6. The number of likely N-dealkylation sites (tertiary alicyclic amines) is 1. The van der Waals surface area contributed by atoms with Crippen molar-refractivity contribution in [2.45, 2.75) is 58.0 Å². The molecule has 2 aliphatic rings. The Bertz CT molecular complexity index is 927. The number of fused-ring (bicyclic) bond motifs is 1. The van der Waals surface area contributed by atoms with Gasteiger partial charge >= 0.3 is 6.09 Å². The zero-order chi connectivity index (χ0) is 20.8. The van der Waals surface area contributed by atoms with Crippen molar-refractivity contribution in [1.82, 2.24) is 29.5 Å². The van der Waals surface area contributed by atoms with E-state index in [1.807, 2.05) is 33.0 Å². The number of nitrogens with zero attached hydrogens (tertiary/aromatic N) is 6. The van der Waals surface area contributed by atoms with E-state index >= 15 is 0 Å². The summed E-state index contributed by atoms with van der Waals surface area (Å²) in [5.41, 5.74) is 0.486. The maximum atomic E-state index is 12.9. The molecule has 1 fully saturated rings. The first-order valence-corrected chi connectivity index (χ1v) is 9.88. The normalized spacial score (nSPS) is 21.6. The van der Waals surface area contributed by atoms with E-state index in [-0.39, 0.29) is 29.4 Å². The fourth-order valence-corrected chi connectivity index (χ4v) is 3.97. The molecule has 4 heterocycles. The Morgan fingerprint density at radius 3 is 2.86 bits per heavy atom. The molecule has 1 saturated heterocycles. The van der Waals surface area contributed by atoms with Crippen LogP contribution in [0, 0.1) is 0 Å². The molecule has 0 radical (unpaired) electrons. The standard InChI is InChI=1S/C19H23ClN6O3/c1-19(2,3)29-18(28)26-11-14(7-13(26)10-24-6-4-5-22-24)25-9-12-8-21-17(20)23-15(12)16(25)27/h4-6,8,13-14H,7,9-11H2,1-3H3/t13-,14+/m0/s1. The van der Waals surface area contributed by atoms with E-state index in [0.29, 0.717) is 31.7 Å². The van der Waals surface area contributed by atoms with Crippen LogP contribution in [0.15, 0.2) is 24.7 Å². The molecule has 2 amide bonds. The van der Waals surface area contributed by atoms with Crippen LogP contribution in [0.4, 0.5) is 4.79 Å². The summed E-state index contributed by atoms with van der Waals surface area (Å²) in [7, 11) is 0. The molecule has 4 rings (SSSR count). The molecule has 10 heteroatoms. The third-order valence-electron chi connectivity index (χ3n) is 5.06. The zero-order valence-electron chi connectivity index (χ0n) is 16.6. The van der Waals surface area contributed by atoms with E-state index in [4.69, 9.17) is 16.3 Å². The predicted molar refractivity (Wildman–Crippen MR) is 104 cm³/mol. The monoisotopic (exact) mass is 418 g/mol. The number of hydrogen-bond donors (Lipinski definition) is 0. The Labute approximate surface area is 173 Å². The highest BCUT2D eigenvalue weighted by molar-refractivity contribution is 6.28. The lowest BCUT2D eigenvalue weighted by Gasteiger charge is -2.28. The van der Waals surface area contributed by atoms with Crippen LogP contribution < -0.4 is 0 Å². The number of ether oxygens (including phenoxy) is 1. The molecule has 154 valence electrons. The van der Waals surface area contributed by atoms with Crippen molar-refractivity contribution >= 4 is 23.6 Å². The molecule has 0 saturated carbocycles. The Balaban J connectivity index is 1.55. The molecule has 0 unspecified atom stereocenters. The molecule has 29 heavy (non-hydrogen) atoms. The predicted octanol–water partition coefficient (Wildman–Crippen LogP) is 2.36. The average molecular weight is 419 g/mol. The van der Waals surface area contributed by atoms with E-state index < -0.39 is 5.60 Å². The van der Waals surface area contributed by atoms with Gasteiger partial charge in [-0.25, -0.2) is 14.8 Å². The van der Waals surface area contributed by atoms with Crippen LogP contribution in [0.1, 0.15) is 43.2 Å². The Morgan fingerprint density at radius 2 is 2.17 bits per heavy atom. The van der Waals surface area contributed by atoms with Crippen LogP contribution in [-0.4, -0.2) is 65.8 Å². The summed E-state index contributed by atoms with van der Waals surface area (Å²) >= 11 is 5.85. The van der Waals surface area contributed by atoms with Gasteiger partial charge in [-0.3, -0.25) is 9.48 Å². The smallest absolute Gasteiger partial charge is 0.410 e. The van der Waals surface area contributed by atoms with E-state index in [1.165, 1.54) is 0 Å². The van der Waals surface area contributed by atoms with Crippen LogP contribution in [0.2, 0.25) is 5.28 Å². The van der Waals surface area contributed by atoms with Crippen LogP contribution in [-0.2, 0) is 17.8 Å². The third kappa shape index (κ3) is 4.05. The summed E-state index contributed by atoms with van der Waals surface area (Å²) in [6.45, 7) is 6.84. The number of carbonyl (C=O) groups is 2. The Hall–Kier alpha value is -2.68. The summed E-state index contributed by atoms with van der Waals surface area (Å²) in [5.74, 6) is -0.182. The van der Waals surface area contributed by atoms with Gasteiger partial charge in [-0.1, -0.05) is 0 Å². The number of aromatic nitrogens is 4. The van der Waals surface area contributed by atoms with Crippen LogP contribution >= 0.6 is 11.6 Å². The molecular weight excluding hydrogens is 396 g/mol. The lowest BCUT2D eigenvalue weighted by Crippen LogP contribution is -2.43. The summed E-state index contributed by atoms with van der Waals surface area (Å²) < 4.78 is 7.39. The fourth-order valence-electron chi connectivity index (χ4n) is 3.83.